The number of carboxylic acids is 1. The van der Waals surface area contributed by atoms with Gasteiger partial charge in [-0.3, -0.25) is 14.4 Å². The topological polar surface area (TPSA) is 193 Å². The standard InChI is InChI=1S/C49H48N4O9/c54-41-20-18-39(40-19-21-43(56)51-44(40)41)42(55)27-50-24-22-32-10-14-34(15-11-32)45(57)52-25-5-23-48(29-52)30-53(31-48)46(58)35-16-12-33(13-17-35)28-62-38-9-4-8-37(26-38)49(61,47(59)60)36-6-2-1-3-7-36/h1-4,6-21,26,42,50,54-55,61H,5,22-25,27-31H2,(H,51,56)(H,59,60). The number of ether oxygens (including phenoxy) is 1. The van der Waals surface area contributed by atoms with Gasteiger partial charge >= 0.3 is 5.97 Å². The van der Waals surface area contributed by atoms with Crippen molar-refractivity contribution in [1.82, 2.24) is 20.1 Å². The van der Waals surface area contributed by atoms with Crippen molar-refractivity contribution in [2.75, 3.05) is 39.3 Å². The summed E-state index contributed by atoms with van der Waals surface area (Å²) in [6.45, 7) is 3.44. The summed E-state index contributed by atoms with van der Waals surface area (Å²) >= 11 is 0. The minimum absolute atomic E-state index is 0.0255. The van der Waals surface area contributed by atoms with E-state index in [1.54, 1.807) is 72.8 Å². The largest absolute Gasteiger partial charge is 0.506 e. The molecule has 0 saturated carbocycles. The molecule has 2 fully saturated rings. The number of likely N-dealkylation sites (tertiary alicyclic amines) is 2. The summed E-state index contributed by atoms with van der Waals surface area (Å²) < 4.78 is 5.97. The number of hydrogen-bond acceptors (Lipinski definition) is 9. The lowest BCUT2D eigenvalue weighted by molar-refractivity contribution is -0.155. The molecule has 62 heavy (non-hydrogen) atoms. The number of hydrogen-bond donors (Lipinski definition) is 6. The van der Waals surface area contributed by atoms with Gasteiger partial charge in [-0.1, -0.05) is 72.8 Å². The third-order valence-corrected chi connectivity index (χ3v) is 12.0. The fraction of sp³-hybridized carbons (Fsp3) is 0.265. The van der Waals surface area contributed by atoms with E-state index in [9.17, 15) is 39.6 Å². The number of pyridine rings is 1. The number of amides is 2. The number of piperidine rings is 1. The van der Waals surface area contributed by atoms with Crippen molar-refractivity contribution in [3.63, 3.8) is 0 Å². The van der Waals surface area contributed by atoms with Crippen LogP contribution in [0.5, 0.6) is 11.5 Å². The molecule has 2 amide bonds. The zero-order valence-corrected chi connectivity index (χ0v) is 34.0. The molecule has 0 aliphatic carbocycles. The van der Waals surface area contributed by atoms with Gasteiger partial charge in [0, 0.05) is 66.3 Å². The second-order valence-electron chi connectivity index (χ2n) is 16.3. The lowest BCUT2D eigenvalue weighted by Crippen LogP contribution is -2.64. The third kappa shape index (κ3) is 8.68. The van der Waals surface area contributed by atoms with E-state index in [1.807, 2.05) is 46.2 Å². The number of H-pyrrole nitrogens is 1. The number of aromatic hydroxyl groups is 1. The fourth-order valence-corrected chi connectivity index (χ4v) is 8.67. The number of aliphatic hydroxyl groups excluding tert-OH is 1. The normalized spacial score (nSPS) is 16.0. The molecule has 5 aromatic carbocycles. The number of nitrogens with one attached hydrogen (secondary N) is 2. The Bertz CT molecular complexity index is 2640. The minimum atomic E-state index is -2.24. The summed E-state index contributed by atoms with van der Waals surface area (Å²) in [5.41, 5.74) is 1.60. The van der Waals surface area contributed by atoms with E-state index in [4.69, 9.17) is 4.74 Å². The number of phenolic OH excluding ortho intramolecular Hbond substituents is 1. The molecule has 0 bridgehead atoms. The maximum atomic E-state index is 13.6. The molecule has 2 saturated heterocycles. The number of rotatable bonds is 14. The van der Waals surface area contributed by atoms with Gasteiger partial charge in [-0.15, -0.1) is 0 Å². The van der Waals surface area contributed by atoms with Gasteiger partial charge < -0.3 is 45.3 Å². The third-order valence-electron chi connectivity index (χ3n) is 12.0. The van der Waals surface area contributed by atoms with Gasteiger partial charge in [0.2, 0.25) is 11.2 Å². The Balaban J connectivity index is 0.793. The Labute approximate surface area is 357 Å². The number of aliphatic hydroxyl groups is 2. The van der Waals surface area contributed by atoms with Crippen LogP contribution in [0, 0.1) is 5.41 Å². The van der Waals surface area contributed by atoms with Crippen LogP contribution in [0.1, 0.15) is 67.5 Å². The van der Waals surface area contributed by atoms with E-state index >= 15 is 0 Å². The average Bonchev–Trinajstić information content (AvgIpc) is 3.29. The summed E-state index contributed by atoms with van der Waals surface area (Å²) in [5.74, 6) is -1.16. The van der Waals surface area contributed by atoms with Gasteiger partial charge in [-0.25, -0.2) is 4.79 Å². The van der Waals surface area contributed by atoms with Crippen LogP contribution in [0.25, 0.3) is 10.9 Å². The zero-order valence-electron chi connectivity index (χ0n) is 34.0. The van der Waals surface area contributed by atoms with Crippen LogP contribution >= 0.6 is 0 Å². The molecule has 13 heteroatoms. The van der Waals surface area contributed by atoms with E-state index < -0.39 is 17.7 Å². The van der Waals surface area contributed by atoms with Gasteiger partial charge in [-0.05, 0) is 96.6 Å². The summed E-state index contributed by atoms with van der Waals surface area (Å²) in [5, 5.41) is 46.0. The second-order valence-corrected chi connectivity index (χ2v) is 16.3. The Hall–Kier alpha value is -6.80. The van der Waals surface area contributed by atoms with Gasteiger partial charge in [0.1, 0.15) is 18.1 Å². The summed E-state index contributed by atoms with van der Waals surface area (Å²) in [4.78, 5) is 57.4. The maximum absolute atomic E-state index is 13.6. The van der Waals surface area contributed by atoms with Gasteiger partial charge in [0.25, 0.3) is 11.8 Å². The molecule has 2 atom stereocenters. The van der Waals surface area contributed by atoms with Crippen molar-refractivity contribution >= 4 is 28.7 Å². The number of fused-ring (bicyclic) bond motifs is 1. The molecule has 2 unspecified atom stereocenters. The van der Waals surface area contributed by atoms with Crippen LogP contribution in [-0.4, -0.2) is 92.3 Å². The highest BCUT2D eigenvalue weighted by Crippen LogP contribution is 2.40. The highest BCUT2D eigenvalue weighted by Gasteiger charge is 2.48. The summed E-state index contributed by atoms with van der Waals surface area (Å²) in [6.07, 6.45) is 1.63. The van der Waals surface area contributed by atoms with Crippen LogP contribution < -0.4 is 15.6 Å². The predicted octanol–water partition coefficient (Wildman–Crippen LogP) is 5.38. The molecular weight excluding hydrogens is 789 g/mol. The first-order valence-corrected chi connectivity index (χ1v) is 20.7. The van der Waals surface area contributed by atoms with E-state index in [1.165, 1.54) is 18.2 Å². The van der Waals surface area contributed by atoms with Crippen LogP contribution in [0.3, 0.4) is 0 Å². The van der Waals surface area contributed by atoms with Gasteiger partial charge in [0.15, 0.2) is 0 Å². The first kappa shape index (κ1) is 41.9. The molecule has 1 aromatic heterocycles. The van der Waals surface area contributed by atoms with E-state index in [0.717, 1.165) is 24.0 Å². The van der Waals surface area contributed by atoms with Crippen LogP contribution in [0.15, 0.2) is 132 Å². The smallest absolute Gasteiger partial charge is 0.345 e. The first-order chi connectivity index (χ1) is 29.9. The average molecular weight is 837 g/mol. The first-order valence-electron chi connectivity index (χ1n) is 20.7. The van der Waals surface area contributed by atoms with E-state index in [-0.39, 0.29) is 52.8 Å². The highest BCUT2D eigenvalue weighted by molar-refractivity contribution is 5.96. The van der Waals surface area contributed by atoms with E-state index in [2.05, 4.69) is 10.3 Å². The summed E-state index contributed by atoms with van der Waals surface area (Å²) in [7, 11) is 0. The SMILES string of the molecule is O=C(c1ccc(CCNCC(O)c2ccc(O)c3[nH]c(=O)ccc23)cc1)N1CCCC2(C1)CN(C(=O)c1ccc(COc3cccc(C(O)(C(=O)O)c4ccccc4)c3)cc1)C2. The molecular formula is C49H48N4O9. The van der Waals surface area contributed by atoms with Gasteiger partial charge in [0.05, 0.1) is 11.6 Å². The van der Waals surface area contributed by atoms with Crippen LogP contribution in [-0.2, 0) is 23.4 Å². The summed E-state index contributed by atoms with van der Waals surface area (Å²) in [6, 6.07) is 35.4. The van der Waals surface area contributed by atoms with Crippen molar-refractivity contribution in [3.8, 4) is 11.5 Å². The minimum Gasteiger partial charge on any atom is -0.506 e. The molecule has 1 spiro atoms. The number of aromatic amines is 1. The molecule has 3 heterocycles. The second kappa shape index (κ2) is 17.7. The molecule has 0 radical (unpaired) electrons. The number of phenols is 1. The lowest BCUT2D eigenvalue weighted by atomic mass is 9.73. The Kier molecular flexibility index (Phi) is 11.9. The van der Waals surface area contributed by atoms with Crippen LogP contribution in [0.2, 0.25) is 0 Å². The van der Waals surface area contributed by atoms with Crippen molar-refractivity contribution in [1.29, 1.82) is 0 Å². The monoisotopic (exact) mass is 836 g/mol. The number of carboxylic acid groups (broad SMARTS) is 1. The molecule has 8 rings (SSSR count). The molecule has 2 aliphatic rings. The number of aliphatic carboxylic acids is 1. The molecule has 6 N–H and O–H groups in total. The quantitative estimate of drug-likeness (QED) is 0.0777. The Morgan fingerprint density at radius 3 is 2.16 bits per heavy atom. The molecule has 13 nitrogen and oxygen atoms in total. The van der Waals surface area contributed by atoms with Crippen molar-refractivity contribution in [2.24, 2.45) is 5.41 Å². The Morgan fingerprint density at radius 1 is 0.790 bits per heavy atom. The van der Waals surface area contributed by atoms with E-state index in [0.29, 0.717) is 72.5 Å². The number of carbonyl (C=O) groups is 3. The number of nitrogens with zero attached hydrogens (tertiary/aromatic N) is 2. The van der Waals surface area contributed by atoms with Crippen LogP contribution in [0.4, 0.5) is 0 Å². The van der Waals surface area contributed by atoms with Crippen molar-refractivity contribution < 1.29 is 39.5 Å². The molecule has 6 aromatic rings. The maximum Gasteiger partial charge on any atom is 0.345 e. The number of benzene rings is 5. The number of aromatic nitrogens is 1. The molecule has 2 aliphatic heterocycles. The van der Waals surface area contributed by atoms with Gasteiger partial charge in [-0.2, -0.15) is 0 Å². The lowest BCUT2D eigenvalue weighted by Gasteiger charge is -2.54. The zero-order chi connectivity index (χ0) is 43.4. The Morgan fingerprint density at radius 2 is 1.45 bits per heavy atom. The predicted molar refractivity (Wildman–Crippen MR) is 232 cm³/mol. The van der Waals surface area contributed by atoms with Crippen molar-refractivity contribution in [3.05, 3.63) is 177 Å². The van der Waals surface area contributed by atoms with Crippen molar-refractivity contribution in [2.45, 2.75) is 37.6 Å². The molecule has 318 valence electrons. The fourth-order valence-electron chi connectivity index (χ4n) is 8.67. The highest BCUT2D eigenvalue weighted by atomic mass is 16.5. The number of carbonyl (C=O) groups excluding carboxylic acids is 2.